The molecule has 0 saturated carbocycles. The second-order valence-electron chi connectivity index (χ2n) is 6.11. The topological polar surface area (TPSA) is 146 Å². The Kier molecular flexibility index (Phi) is 5.51. The number of hydrogen-bond donors (Lipinski definition) is 1. The molecule has 0 fully saturated rings. The van der Waals surface area contributed by atoms with Crippen LogP contribution in [0.5, 0.6) is 0 Å². The molecule has 3 rings (SSSR count). The van der Waals surface area contributed by atoms with Gasteiger partial charge in [-0.1, -0.05) is 0 Å². The van der Waals surface area contributed by atoms with Crippen molar-refractivity contribution >= 4 is 28.6 Å². The number of anilines is 1. The third-order valence-electron chi connectivity index (χ3n) is 4.16. The standard InChI is InChI=1S/C16H10F4N6O5/c1-6-10(25(28)29)2-7(3-11(6)26(30)31)21-16(27)9-5-13-22-8(14(17)18)4-12(15(19)20)24(13)23-9/h2-5,14-15H,1H3,(H,21,27). The van der Waals surface area contributed by atoms with Crippen LogP contribution in [-0.2, 0) is 0 Å². The van der Waals surface area contributed by atoms with Crippen molar-refractivity contribution in [1.82, 2.24) is 14.6 Å². The molecule has 0 unspecified atom stereocenters. The summed E-state index contributed by atoms with van der Waals surface area (Å²) in [6, 6.07) is 3.04. The first kappa shape index (κ1) is 21.5. The van der Waals surface area contributed by atoms with Crippen molar-refractivity contribution in [3.63, 3.8) is 0 Å². The predicted molar refractivity (Wildman–Crippen MR) is 95.3 cm³/mol. The van der Waals surface area contributed by atoms with Crippen molar-refractivity contribution in [2.45, 2.75) is 19.8 Å². The van der Waals surface area contributed by atoms with Crippen LogP contribution in [0.2, 0.25) is 0 Å². The van der Waals surface area contributed by atoms with E-state index in [1.54, 1.807) is 0 Å². The predicted octanol–water partition coefficient (Wildman–Crippen LogP) is 3.98. The van der Waals surface area contributed by atoms with E-state index in [1.165, 1.54) is 0 Å². The number of nitro benzene ring substituents is 2. The van der Waals surface area contributed by atoms with E-state index in [0.717, 1.165) is 25.1 Å². The lowest BCUT2D eigenvalue weighted by Gasteiger charge is -2.06. The maximum Gasteiger partial charge on any atom is 0.281 e. The summed E-state index contributed by atoms with van der Waals surface area (Å²) < 4.78 is 52.7. The van der Waals surface area contributed by atoms with Crippen molar-refractivity contribution < 1.29 is 32.2 Å². The fraction of sp³-hybridized carbons (Fsp3) is 0.188. The first-order chi connectivity index (χ1) is 14.5. The van der Waals surface area contributed by atoms with Crippen molar-refractivity contribution in [3.8, 4) is 0 Å². The average Bonchev–Trinajstić information content (AvgIpc) is 3.11. The number of benzene rings is 1. The third-order valence-corrected chi connectivity index (χ3v) is 4.16. The monoisotopic (exact) mass is 442 g/mol. The molecular formula is C16H10F4N6O5. The Balaban J connectivity index is 2.03. The molecule has 1 amide bonds. The fourth-order valence-corrected chi connectivity index (χ4v) is 2.73. The molecule has 0 radical (unpaired) electrons. The number of rotatable bonds is 6. The van der Waals surface area contributed by atoms with Crippen molar-refractivity contribution in [2.75, 3.05) is 5.32 Å². The number of amides is 1. The largest absolute Gasteiger partial charge is 0.320 e. The van der Waals surface area contributed by atoms with Gasteiger partial charge < -0.3 is 5.32 Å². The number of carbonyl (C=O) groups excluding carboxylic acids is 1. The summed E-state index contributed by atoms with van der Waals surface area (Å²) in [6.07, 6.45) is -6.36. The van der Waals surface area contributed by atoms with E-state index in [-0.39, 0.29) is 11.3 Å². The minimum Gasteiger partial charge on any atom is -0.320 e. The van der Waals surface area contributed by atoms with E-state index in [1.807, 2.05) is 0 Å². The second kappa shape index (κ2) is 7.92. The van der Waals surface area contributed by atoms with E-state index in [4.69, 9.17) is 0 Å². The van der Waals surface area contributed by atoms with Crippen LogP contribution in [0, 0.1) is 27.2 Å². The van der Waals surface area contributed by atoms with Gasteiger partial charge in [-0.2, -0.15) is 5.10 Å². The van der Waals surface area contributed by atoms with E-state index in [9.17, 15) is 42.6 Å². The molecule has 1 N–H and O–H groups in total. The van der Waals surface area contributed by atoms with Gasteiger partial charge in [0.25, 0.3) is 30.1 Å². The highest BCUT2D eigenvalue weighted by Crippen LogP contribution is 2.32. The summed E-state index contributed by atoms with van der Waals surface area (Å²) in [6.45, 7) is 1.15. The van der Waals surface area contributed by atoms with Crippen LogP contribution in [0.4, 0.5) is 34.6 Å². The van der Waals surface area contributed by atoms with Crippen LogP contribution in [0.25, 0.3) is 5.65 Å². The quantitative estimate of drug-likeness (QED) is 0.345. The molecule has 0 bridgehead atoms. The molecule has 2 heterocycles. The Bertz CT molecular complexity index is 1190. The van der Waals surface area contributed by atoms with E-state index < -0.39 is 62.7 Å². The number of alkyl halides is 4. The molecule has 162 valence electrons. The van der Waals surface area contributed by atoms with Crippen LogP contribution >= 0.6 is 0 Å². The SMILES string of the molecule is Cc1c([N+](=O)[O-])cc(NC(=O)c2cc3nc(C(F)F)cc(C(F)F)n3n2)cc1[N+](=O)[O-]. The average molecular weight is 442 g/mol. The Morgan fingerprint density at radius 3 is 2.10 bits per heavy atom. The molecule has 1 aromatic carbocycles. The maximum atomic E-state index is 13.2. The second-order valence-corrected chi connectivity index (χ2v) is 6.11. The number of carbonyl (C=O) groups is 1. The van der Waals surface area contributed by atoms with Gasteiger partial charge in [0.2, 0.25) is 0 Å². The van der Waals surface area contributed by atoms with Crippen molar-refractivity contribution in [3.05, 3.63) is 67.1 Å². The van der Waals surface area contributed by atoms with Crippen LogP contribution in [-0.4, -0.2) is 30.4 Å². The highest BCUT2D eigenvalue weighted by Gasteiger charge is 2.25. The van der Waals surface area contributed by atoms with Gasteiger partial charge in [0.05, 0.1) is 15.5 Å². The minimum absolute atomic E-state index is 0.244. The molecule has 0 aliphatic rings. The number of halogens is 4. The molecule has 2 aromatic heterocycles. The maximum absolute atomic E-state index is 13.2. The van der Waals surface area contributed by atoms with Gasteiger partial charge in [-0.25, -0.2) is 27.1 Å². The first-order valence-electron chi connectivity index (χ1n) is 8.21. The van der Waals surface area contributed by atoms with Crippen LogP contribution in [0.1, 0.15) is 40.3 Å². The lowest BCUT2D eigenvalue weighted by molar-refractivity contribution is -0.395. The van der Waals surface area contributed by atoms with Crippen LogP contribution in [0.15, 0.2) is 24.3 Å². The zero-order chi connectivity index (χ0) is 23.0. The molecule has 11 nitrogen and oxygen atoms in total. The summed E-state index contributed by atoms with van der Waals surface area (Å²) in [5.74, 6) is -1.09. The molecule has 15 heteroatoms. The molecular weight excluding hydrogens is 432 g/mol. The zero-order valence-corrected chi connectivity index (χ0v) is 15.3. The Labute approximate surface area is 168 Å². The van der Waals surface area contributed by atoms with Gasteiger partial charge in [-0.3, -0.25) is 25.0 Å². The molecule has 31 heavy (non-hydrogen) atoms. The lowest BCUT2D eigenvalue weighted by Crippen LogP contribution is -2.14. The highest BCUT2D eigenvalue weighted by molar-refractivity contribution is 6.04. The molecule has 0 aliphatic carbocycles. The van der Waals surface area contributed by atoms with E-state index in [2.05, 4.69) is 15.4 Å². The Hall–Kier alpha value is -4.17. The smallest absolute Gasteiger partial charge is 0.281 e. The summed E-state index contributed by atoms with van der Waals surface area (Å²) in [5.41, 5.74) is -4.72. The van der Waals surface area contributed by atoms with Gasteiger partial charge in [-0.05, 0) is 13.0 Å². The van der Waals surface area contributed by atoms with Gasteiger partial charge in [-0.15, -0.1) is 0 Å². The molecule has 0 atom stereocenters. The Morgan fingerprint density at radius 2 is 1.61 bits per heavy atom. The summed E-state index contributed by atoms with van der Waals surface area (Å²) in [5, 5.41) is 28.0. The Morgan fingerprint density at radius 1 is 1.03 bits per heavy atom. The van der Waals surface area contributed by atoms with Gasteiger partial charge in [0.1, 0.15) is 17.0 Å². The summed E-state index contributed by atoms with van der Waals surface area (Å²) >= 11 is 0. The lowest BCUT2D eigenvalue weighted by atomic mass is 10.1. The van der Waals surface area contributed by atoms with Gasteiger partial charge in [0.15, 0.2) is 11.3 Å². The van der Waals surface area contributed by atoms with Crippen molar-refractivity contribution in [2.24, 2.45) is 0 Å². The fourth-order valence-electron chi connectivity index (χ4n) is 2.73. The van der Waals surface area contributed by atoms with E-state index in [0.29, 0.717) is 10.6 Å². The number of nitrogens with zero attached hydrogens (tertiary/aromatic N) is 5. The number of nitrogens with one attached hydrogen (secondary N) is 1. The van der Waals surface area contributed by atoms with Gasteiger partial charge >= 0.3 is 0 Å². The molecule has 0 spiro atoms. The minimum atomic E-state index is -3.21. The molecule has 0 saturated heterocycles. The molecule has 0 aliphatic heterocycles. The summed E-state index contributed by atoms with van der Waals surface area (Å²) in [4.78, 5) is 36.4. The number of fused-ring (bicyclic) bond motifs is 1. The van der Waals surface area contributed by atoms with Crippen LogP contribution < -0.4 is 5.32 Å². The van der Waals surface area contributed by atoms with Crippen LogP contribution in [0.3, 0.4) is 0 Å². The first-order valence-corrected chi connectivity index (χ1v) is 8.21. The highest BCUT2D eigenvalue weighted by atomic mass is 19.3. The zero-order valence-electron chi connectivity index (χ0n) is 15.3. The molecule has 3 aromatic rings. The third kappa shape index (κ3) is 4.10. The number of nitro groups is 2. The number of aromatic nitrogens is 3. The normalized spacial score (nSPS) is 11.3. The van der Waals surface area contributed by atoms with E-state index >= 15 is 0 Å². The van der Waals surface area contributed by atoms with Gasteiger partial charge in [0, 0.05) is 18.2 Å². The number of hydrogen-bond acceptors (Lipinski definition) is 7. The summed E-state index contributed by atoms with van der Waals surface area (Å²) in [7, 11) is 0. The van der Waals surface area contributed by atoms with Crippen molar-refractivity contribution in [1.29, 1.82) is 0 Å².